The van der Waals surface area contributed by atoms with Crippen molar-refractivity contribution in [2.24, 2.45) is 0 Å². The van der Waals surface area contributed by atoms with Gasteiger partial charge in [-0.15, -0.1) is 0 Å². The first kappa shape index (κ1) is 17.9. The molecule has 1 aromatic rings. The minimum Gasteiger partial charge on any atom is -0.339 e. The number of carbonyl (C=O) groups is 1. The fraction of sp³-hybridized carbons (Fsp3) is 0.562. The fourth-order valence-electron chi connectivity index (χ4n) is 2.71. The Labute approximate surface area is 138 Å². The molecule has 1 aromatic carbocycles. The molecule has 1 aliphatic rings. The van der Waals surface area contributed by atoms with E-state index in [2.05, 4.69) is 10.0 Å². The fourth-order valence-corrected chi connectivity index (χ4v) is 3.98. The molecule has 0 bridgehead atoms. The summed E-state index contributed by atoms with van der Waals surface area (Å²) in [4.78, 5) is 14.1. The quantitative estimate of drug-likeness (QED) is 0.816. The van der Waals surface area contributed by atoms with Gasteiger partial charge in [0.2, 0.25) is 10.0 Å². The molecular weight excluding hydrogens is 314 g/mol. The van der Waals surface area contributed by atoms with E-state index in [0.29, 0.717) is 25.2 Å². The van der Waals surface area contributed by atoms with E-state index in [1.807, 2.05) is 13.8 Å². The summed E-state index contributed by atoms with van der Waals surface area (Å²) < 4.78 is 27.5. The van der Waals surface area contributed by atoms with Gasteiger partial charge in [-0.3, -0.25) is 4.79 Å². The number of piperidine rings is 1. The monoisotopic (exact) mass is 339 g/mol. The standard InChI is InChI=1S/C16H25N3O3S/c1-3-19(4-2)16(20)13-7-9-15(10-8-13)23(21,22)18-14-6-5-11-17-12-14/h7-10,14,17-18H,3-6,11-12H2,1-2H3. The lowest BCUT2D eigenvalue weighted by Crippen LogP contribution is -2.45. The molecule has 1 amide bonds. The lowest BCUT2D eigenvalue weighted by atomic mass is 10.1. The Bertz CT molecular complexity index is 618. The highest BCUT2D eigenvalue weighted by atomic mass is 32.2. The highest BCUT2D eigenvalue weighted by Gasteiger charge is 2.22. The van der Waals surface area contributed by atoms with Gasteiger partial charge in [0.05, 0.1) is 4.90 Å². The highest BCUT2D eigenvalue weighted by molar-refractivity contribution is 7.89. The van der Waals surface area contributed by atoms with Crippen LogP contribution in [0.3, 0.4) is 0 Å². The number of hydrogen-bond acceptors (Lipinski definition) is 4. The van der Waals surface area contributed by atoms with Crippen LogP contribution in [0.2, 0.25) is 0 Å². The molecule has 6 nitrogen and oxygen atoms in total. The number of nitrogens with one attached hydrogen (secondary N) is 2. The zero-order valence-electron chi connectivity index (χ0n) is 13.7. The Morgan fingerprint density at radius 3 is 2.43 bits per heavy atom. The zero-order valence-corrected chi connectivity index (χ0v) is 14.5. The molecule has 0 aliphatic carbocycles. The van der Waals surface area contributed by atoms with Crippen LogP contribution in [-0.4, -0.2) is 51.4 Å². The van der Waals surface area contributed by atoms with Gasteiger partial charge in [-0.2, -0.15) is 0 Å². The lowest BCUT2D eigenvalue weighted by molar-refractivity contribution is 0.0773. The van der Waals surface area contributed by atoms with Gasteiger partial charge in [0.15, 0.2) is 0 Å². The van der Waals surface area contributed by atoms with Crippen molar-refractivity contribution in [3.05, 3.63) is 29.8 Å². The van der Waals surface area contributed by atoms with Crippen LogP contribution in [0.4, 0.5) is 0 Å². The summed E-state index contributed by atoms with van der Waals surface area (Å²) in [5.74, 6) is -0.0802. The van der Waals surface area contributed by atoms with Crippen LogP contribution in [0, 0.1) is 0 Å². The summed E-state index contributed by atoms with van der Waals surface area (Å²) in [6, 6.07) is 6.07. The molecular formula is C16H25N3O3S. The van der Waals surface area contributed by atoms with Crippen molar-refractivity contribution in [2.45, 2.75) is 37.6 Å². The predicted molar refractivity (Wildman–Crippen MR) is 89.9 cm³/mol. The molecule has 1 fully saturated rings. The summed E-state index contributed by atoms with van der Waals surface area (Å²) in [5, 5.41) is 3.18. The van der Waals surface area contributed by atoms with Crippen LogP contribution < -0.4 is 10.0 Å². The van der Waals surface area contributed by atoms with E-state index >= 15 is 0 Å². The van der Waals surface area contributed by atoms with Crippen molar-refractivity contribution in [2.75, 3.05) is 26.2 Å². The highest BCUT2D eigenvalue weighted by Crippen LogP contribution is 2.14. The van der Waals surface area contributed by atoms with Crippen LogP contribution >= 0.6 is 0 Å². The van der Waals surface area contributed by atoms with Crippen molar-refractivity contribution < 1.29 is 13.2 Å². The molecule has 0 aromatic heterocycles. The summed E-state index contributed by atoms with van der Waals surface area (Å²) in [7, 11) is -3.55. The van der Waals surface area contributed by atoms with E-state index in [9.17, 15) is 13.2 Å². The molecule has 0 radical (unpaired) electrons. The van der Waals surface area contributed by atoms with Crippen molar-refractivity contribution in [1.29, 1.82) is 0 Å². The number of rotatable bonds is 6. The van der Waals surface area contributed by atoms with Gasteiger partial charge in [0.25, 0.3) is 5.91 Å². The van der Waals surface area contributed by atoms with Gasteiger partial charge < -0.3 is 10.2 Å². The third-order valence-corrected chi connectivity index (χ3v) is 5.62. The van der Waals surface area contributed by atoms with Gasteiger partial charge in [0, 0.05) is 31.2 Å². The van der Waals surface area contributed by atoms with E-state index < -0.39 is 10.0 Å². The van der Waals surface area contributed by atoms with Gasteiger partial charge in [-0.05, 0) is 57.5 Å². The SMILES string of the molecule is CCN(CC)C(=O)c1ccc(S(=O)(=O)NC2CCCNC2)cc1. The molecule has 1 aliphatic heterocycles. The predicted octanol–water partition coefficient (Wildman–Crippen LogP) is 1.20. The van der Waals surface area contributed by atoms with Gasteiger partial charge in [-0.1, -0.05) is 0 Å². The van der Waals surface area contributed by atoms with Crippen molar-refractivity contribution in [3.8, 4) is 0 Å². The van der Waals surface area contributed by atoms with E-state index in [0.717, 1.165) is 19.4 Å². The van der Waals surface area contributed by atoms with E-state index in [4.69, 9.17) is 0 Å². The second kappa shape index (κ2) is 7.90. The second-order valence-electron chi connectivity index (χ2n) is 5.67. The molecule has 128 valence electrons. The zero-order chi connectivity index (χ0) is 16.9. The summed E-state index contributed by atoms with van der Waals surface area (Å²) in [6.45, 7) is 6.68. The normalized spacial score (nSPS) is 18.6. The maximum atomic E-state index is 12.4. The molecule has 2 rings (SSSR count). The number of carbonyl (C=O) groups excluding carboxylic acids is 1. The summed E-state index contributed by atoms with van der Waals surface area (Å²) >= 11 is 0. The first-order valence-electron chi connectivity index (χ1n) is 8.10. The van der Waals surface area contributed by atoms with Crippen LogP contribution in [-0.2, 0) is 10.0 Å². The van der Waals surface area contributed by atoms with Crippen LogP contribution in [0.25, 0.3) is 0 Å². The third kappa shape index (κ3) is 4.53. The average Bonchev–Trinajstić information content (AvgIpc) is 2.56. The summed E-state index contributed by atoms with van der Waals surface area (Å²) in [6.07, 6.45) is 1.80. The maximum Gasteiger partial charge on any atom is 0.253 e. The van der Waals surface area contributed by atoms with Gasteiger partial charge >= 0.3 is 0 Å². The Hall–Kier alpha value is -1.44. The van der Waals surface area contributed by atoms with E-state index in [-0.39, 0.29) is 16.8 Å². The van der Waals surface area contributed by atoms with Crippen molar-refractivity contribution >= 4 is 15.9 Å². The molecule has 1 unspecified atom stereocenters. The van der Waals surface area contributed by atoms with Gasteiger partial charge in [0.1, 0.15) is 0 Å². The average molecular weight is 339 g/mol. The first-order chi connectivity index (χ1) is 11.0. The number of hydrogen-bond donors (Lipinski definition) is 2. The Balaban J connectivity index is 2.10. The number of sulfonamides is 1. The molecule has 23 heavy (non-hydrogen) atoms. The third-order valence-electron chi connectivity index (χ3n) is 4.08. The molecule has 2 N–H and O–H groups in total. The van der Waals surface area contributed by atoms with Crippen molar-refractivity contribution in [1.82, 2.24) is 14.9 Å². The van der Waals surface area contributed by atoms with Crippen molar-refractivity contribution in [3.63, 3.8) is 0 Å². The number of nitrogens with zero attached hydrogens (tertiary/aromatic N) is 1. The topological polar surface area (TPSA) is 78.5 Å². The molecule has 0 spiro atoms. The largest absolute Gasteiger partial charge is 0.339 e. The molecule has 0 saturated carbocycles. The number of amides is 1. The van der Waals surface area contributed by atoms with Crippen LogP contribution in [0.1, 0.15) is 37.0 Å². The maximum absolute atomic E-state index is 12.4. The van der Waals surface area contributed by atoms with Crippen LogP contribution in [0.5, 0.6) is 0 Å². The first-order valence-corrected chi connectivity index (χ1v) is 9.58. The molecule has 1 saturated heterocycles. The Morgan fingerprint density at radius 1 is 1.26 bits per heavy atom. The number of benzene rings is 1. The van der Waals surface area contributed by atoms with Gasteiger partial charge in [-0.25, -0.2) is 13.1 Å². The Kier molecular flexibility index (Phi) is 6.15. The minimum absolute atomic E-state index is 0.0780. The minimum atomic E-state index is -3.55. The lowest BCUT2D eigenvalue weighted by Gasteiger charge is -2.23. The van der Waals surface area contributed by atoms with E-state index in [1.54, 1.807) is 17.0 Å². The molecule has 1 atom stereocenters. The summed E-state index contributed by atoms with van der Waals surface area (Å²) in [5.41, 5.74) is 0.506. The van der Waals surface area contributed by atoms with Crippen LogP contribution in [0.15, 0.2) is 29.2 Å². The second-order valence-corrected chi connectivity index (χ2v) is 7.38. The van der Waals surface area contributed by atoms with E-state index in [1.165, 1.54) is 12.1 Å². The Morgan fingerprint density at radius 2 is 1.91 bits per heavy atom. The molecule has 1 heterocycles. The smallest absolute Gasteiger partial charge is 0.253 e. The molecule has 7 heteroatoms.